The number of ether oxygens (including phenoxy) is 2. The summed E-state index contributed by atoms with van der Waals surface area (Å²) in [6, 6.07) is 14.1. The number of aromatic nitrogens is 1. The monoisotopic (exact) mass is 531 g/mol. The van der Waals surface area contributed by atoms with Crippen LogP contribution in [0, 0.1) is 0 Å². The number of aliphatic hydroxyl groups excluding tert-OH is 1. The first-order valence-electron chi connectivity index (χ1n) is 14.0. The predicted molar refractivity (Wildman–Crippen MR) is 149 cm³/mol. The maximum Gasteiger partial charge on any atom is 0.235 e. The maximum atomic E-state index is 13.5. The SMILES string of the molecule is CC(C)(C)c1cc2cc(NC(=O)C3(c4ccc5c(c4)OCO5)CC3)ccc2n1CCCC(=O)N1CC[C@@H](O)C1. The van der Waals surface area contributed by atoms with Crippen LogP contribution in [0.2, 0.25) is 0 Å². The summed E-state index contributed by atoms with van der Waals surface area (Å²) < 4.78 is 13.3. The Kier molecular flexibility index (Phi) is 6.33. The molecule has 2 amide bonds. The van der Waals surface area contributed by atoms with Crippen molar-refractivity contribution in [1.29, 1.82) is 0 Å². The Hall–Kier alpha value is -3.52. The van der Waals surface area contributed by atoms with E-state index >= 15 is 0 Å². The molecule has 2 fully saturated rings. The smallest absolute Gasteiger partial charge is 0.235 e. The molecule has 8 nitrogen and oxygen atoms in total. The Bertz CT molecular complexity index is 1430. The van der Waals surface area contributed by atoms with E-state index in [-0.39, 0.29) is 24.0 Å². The molecule has 0 radical (unpaired) electrons. The Labute approximate surface area is 228 Å². The minimum absolute atomic E-state index is 0.00161. The molecule has 6 rings (SSSR count). The van der Waals surface area contributed by atoms with Crippen molar-refractivity contribution in [2.24, 2.45) is 0 Å². The quantitative estimate of drug-likeness (QED) is 0.461. The number of hydrogen-bond acceptors (Lipinski definition) is 5. The molecule has 1 saturated heterocycles. The third-order valence-corrected chi connectivity index (χ3v) is 8.33. The van der Waals surface area contributed by atoms with Crippen LogP contribution in [0.1, 0.15) is 64.1 Å². The van der Waals surface area contributed by atoms with Gasteiger partial charge in [0.1, 0.15) is 0 Å². The molecule has 0 spiro atoms. The molecule has 8 heteroatoms. The van der Waals surface area contributed by atoms with Crippen molar-refractivity contribution in [3.05, 3.63) is 53.7 Å². The van der Waals surface area contributed by atoms with E-state index in [0.717, 1.165) is 53.7 Å². The highest BCUT2D eigenvalue weighted by atomic mass is 16.7. The number of rotatable bonds is 7. The Balaban J connectivity index is 1.19. The third kappa shape index (κ3) is 4.86. The summed E-state index contributed by atoms with van der Waals surface area (Å²) in [7, 11) is 0. The van der Waals surface area contributed by atoms with Gasteiger partial charge < -0.3 is 29.4 Å². The van der Waals surface area contributed by atoms with Crippen molar-refractivity contribution < 1.29 is 24.2 Å². The van der Waals surface area contributed by atoms with E-state index in [9.17, 15) is 14.7 Å². The second kappa shape index (κ2) is 9.59. The van der Waals surface area contributed by atoms with Gasteiger partial charge in [-0.3, -0.25) is 9.59 Å². The van der Waals surface area contributed by atoms with E-state index in [0.29, 0.717) is 31.7 Å². The van der Waals surface area contributed by atoms with Gasteiger partial charge in [0.2, 0.25) is 18.6 Å². The molecular weight excluding hydrogens is 494 g/mol. The van der Waals surface area contributed by atoms with Crippen LogP contribution < -0.4 is 14.8 Å². The summed E-state index contributed by atoms with van der Waals surface area (Å²) in [4.78, 5) is 27.8. The topological polar surface area (TPSA) is 93.0 Å². The van der Waals surface area contributed by atoms with Crippen LogP contribution in [0.25, 0.3) is 10.9 Å². The molecule has 3 aromatic rings. The zero-order chi connectivity index (χ0) is 27.4. The first kappa shape index (κ1) is 25.7. The summed E-state index contributed by atoms with van der Waals surface area (Å²) in [5.41, 5.74) is 3.42. The summed E-state index contributed by atoms with van der Waals surface area (Å²) in [6.07, 6.45) is 3.08. The lowest BCUT2D eigenvalue weighted by Gasteiger charge is -2.22. The van der Waals surface area contributed by atoms with E-state index in [1.165, 1.54) is 5.69 Å². The van der Waals surface area contributed by atoms with Gasteiger partial charge >= 0.3 is 0 Å². The average Bonchev–Trinajstić information content (AvgIpc) is 3.20. The fourth-order valence-electron chi connectivity index (χ4n) is 5.94. The van der Waals surface area contributed by atoms with Crippen LogP contribution in [-0.4, -0.2) is 52.4 Å². The summed E-state index contributed by atoms with van der Waals surface area (Å²) in [5.74, 6) is 1.53. The molecule has 206 valence electrons. The van der Waals surface area contributed by atoms with Crippen molar-refractivity contribution in [2.45, 2.75) is 76.4 Å². The van der Waals surface area contributed by atoms with Crippen LogP contribution in [0.5, 0.6) is 11.5 Å². The van der Waals surface area contributed by atoms with Gasteiger partial charge in [0.15, 0.2) is 11.5 Å². The molecular formula is C31H37N3O5. The number of anilines is 1. The van der Waals surface area contributed by atoms with Crippen LogP contribution in [0.15, 0.2) is 42.5 Å². The van der Waals surface area contributed by atoms with Gasteiger partial charge in [-0.25, -0.2) is 0 Å². The van der Waals surface area contributed by atoms with Crippen molar-refractivity contribution in [3.8, 4) is 11.5 Å². The molecule has 1 aromatic heterocycles. The first-order valence-corrected chi connectivity index (χ1v) is 14.0. The molecule has 3 heterocycles. The number of likely N-dealkylation sites (tertiary alicyclic amines) is 1. The molecule has 0 bridgehead atoms. The van der Waals surface area contributed by atoms with Crippen molar-refractivity contribution >= 4 is 28.4 Å². The van der Waals surface area contributed by atoms with Gasteiger partial charge in [0, 0.05) is 53.8 Å². The molecule has 39 heavy (non-hydrogen) atoms. The number of nitrogens with one attached hydrogen (secondary N) is 1. The summed E-state index contributed by atoms with van der Waals surface area (Å²) in [6.45, 7) is 8.62. The normalized spacial score (nSPS) is 19.5. The average molecular weight is 532 g/mol. The first-order chi connectivity index (χ1) is 18.6. The van der Waals surface area contributed by atoms with Gasteiger partial charge in [-0.15, -0.1) is 0 Å². The maximum absolute atomic E-state index is 13.5. The van der Waals surface area contributed by atoms with Gasteiger partial charge in [-0.1, -0.05) is 26.8 Å². The van der Waals surface area contributed by atoms with E-state index in [1.54, 1.807) is 4.90 Å². The highest BCUT2D eigenvalue weighted by Gasteiger charge is 2.51. The van der Waals surface area contributed by atoms with Gasteiger partial charge in [-0.05, 0) is 67.6 Å². The fourth-order valence-corrected chi connectivity index (χ4v) is 5.94. The fraction of sp³-hybridized carbons (Fsp3) is 0.484. The molecule has 0 unspecified atom stereocenters. The van der Waals surface area contributed by atoms with Crippen molar-refractivity contribution in [1.82, 2.24) is 9.47 Å². The van der Waals surface area contributed by atoms with Crippen molar-refractivity contribution in [2.75, 3.05) is 25.2 Å². The van der Waals surface area contributed by atoms with E-state index in [2.05, 4.69) is 42.8 Å². The number of nitrogens with zero attached hydrogens (tertiary/aromatic N) is 2. The molecule has 1 atom stereocenters. The number of hydrogen-bond donors (Lipinski definition) is 2. The molecule has 1 saturated carbocycles. The molecule has 2 N–H and O–H groups in total. The lowest BCUT2D eigenvalue weighted by molar-refractivity contribution is -0.130. The molecule has 2 aliphatic heterocycles. The zero-order valence-corrected chi connectivity index (χ0v) is 23.0. The van der Waals surface area contributed by atoms with E-state index in [1.807, 2.05) is 30.3 Å². The van der Waals surface area contributed by atoms with Crippen LogP contribution >= 0.6 is 0 Å². The van der Waals surface area contributed by atoms with Crippen molar-refractivity contribution in [3.63, 3.8) is 0 Å². The molecule has 3 aliphatic rings. The molecule has 2 aromatic carbocycles. The number of carbonyl (C=O) groups excluding carboxylic acids is 2. The highest BCUT2D eigenvalue weighted by molar-refractivity contribution is 6.02. The second-order valence-electron chi connectivity index (χ2n) is 12.2. The largest absolute Gasteiger partial charge is 0.454 e. The zero-order valence-electron chi connectivity index (χ0n) is 23.0. The van der Waals surface area contributed by atoms with Crippen LogP contribution in [0.4, 0.5) is 5.69 Å². The number of aryl methyl sites for hydroxylation is 1. The minimum Gasteiger partial charge on any atom is -0.454 e. The minimum atomic E-state index is -0.531. The van der Waals surface area contributed by atoms with Gasteiger partial charge in [0.05, 0.1) is 11.5 Å². The summed E-state index contributed by atoms with van der Waals surface area (Å²) in [5, 5.41) is 14.0. The Morgan fingerprint density at radius 2 is 1.87 bits per heavy atom. The van der Waals surface area contributed by atoms with E-state index < -0.39 is 11.5 Å². The van der Waals surface area contributed by atoms with E-state index in [4.69, 9.17) is 9.47 Å². The predicted octanol–water partition coefficient (Wildman–Crippen LogP) is 4.71. The Morgan fingerprint density at radius 3 is 2.59 bits per heavy atom. The lowest BCUT2D eigenvalue weighted by Crippen LogP contribution is -2.29. The second-order valence-corrected chi connectivity index (χ2v) is 12.2. The van der Waals surface area contributed by atoms with Crippen LogP contribution in [0.3, 0.4) is 0 Å². The standard InChI is InChI=1S/C31H37N3O5/c1-30(2,3)27-16-20-15-22(7-8-24(20)34(27)13-4-5-28(36)33-14-10-23(35)18-33)32-29(37)31(11-12-31)21-6-9-25-26(17-21)39-19-38-25/h6-9,15-17,23,35H,4-5,10-14,18-19H2,1-3H3,(H,32,37)/t23-/m1/s1. The molecule has 1 aliphatic carbocycles. The van der Waals surface area contributed by atoms with Gasteiger partial charge in [0.25, 0.3) is 0 Å². The number of benzene rings is 2. The lowest BCUT2D eigenvalue weighted by atomic mass is 9.92. The number of carbonyl (C=O) groups is 2. The van der Waals surface area contributed by atoms with Gasteiger partial charge in [-0.2, -0.15) is 0 Å². The highest BCUT2D eigenvalue weighted by Crippen LogP contribution is 2.51. The number of β-amino-alcohol motifs (C(OH)–C–C–N with tert-alkyl or cyclic N) is 1. The number of amides is 2. The number of fused-ring (bicyclic) bond motifs is 2. The third-order valence-electron chi connectivity index (χ3n) is 8.33. The summed E-state index contributed by atoms with van der Waals surface area (Å²) >= 11 is 0. The Morgan fingerprint density at radius 1 is 1.08 bits per heavy atom. The number of aliphatic hydroxyl groups is 1. The van der Waals surface area contributed by atoms with Crippen LogP contribution in [-0.2, 0) is 27.0 Å².